The van der Waals surface area contributed by atoms with E-state index in [1.165, 1.54) is 18.2 Å². The number of aryl methyl sites for hydroxylation is 1. The van der Waals surface area contributed by atoms with Crippen LogP contribution in [0.15, 0.2) is 24.8 Å². The molecule has 3 amide bonds. The Kier molecular flexibility index (Phi) is 3.79. The number of halogens is 1. The Morgan fingerprint density at radius 2 is 2.26 bits per heavy atom. The van der Waals surface area contributed by atoms with E-state index in [-0.39, 0.29) is 11.6 Å². The van der Waals surface area contributed by atoms with Gasteiger partial charge in [-0.25, -0.2) is 9.18 Å². The van der Waals surface area contributed by atoms with Gasteiger partial charge in [-0.15, -0.1) is 6.58 Å². The maximum atomic E-state index is 13.8. The van der Waals surface area contributed by atoms with Gasteiger partial charge >= 0.3 is 6.03 Å². The SMILES string of the molecule is C=CCNC(=O)Nc1cc2c(cc1F)NC(=O)CC2. The molecule has 0 spiro atoms. The van der Waals surface area contributed by atoms with Crippen molar-refractivity contribution >= 4 is 23.3 Å². The van der Waals surface area contributed by atoms with E-state index in [9.17, 15) is 14.0 Å². The van der Waals surface area contributed by atoms with Gasteiger partial charge in [-0.3, -0.25) is 4.79 Å². The van der Waals surface area contributed by atoms with Crippen LogP contribution in [0.2, 0.25) is 0 Å². The molecule has 1 aromatic rings. The number of fused-ring (bicyclic) bond motifs is 1. The molecule has 5 nitrogen and oxygen atoms in total. The van der Waals surface area contributed by atoms with Crippen LogP contribution in [0.3, 0.4) is 0 Å². The number of nitrogens with one attached hydrogen (secondary N) is 3. The number of amides is 3. The van der Waals surface area contributed by atoms with E-state index in [0.717, 1.165) is 5.56 Å². The zero-order chi connectivity index (χ0) is 13.8. The van der Waals surface area contributed by atoms with Gasteiger partial charge < -0.3 is 16.0 Å². The molecule has 0 aliphatic carbocycles. The maximum Gasteiger partial charge on any atom is 0.319 e. The van der Waals surface area contributed by atoms with Crippen LogP contribution >= 0.6 is 0 Å². The summed E-state index contributed by atoms with van der Waals surface area (Å²) in [5.41, 5.74) is 1.36. The molecule has 1 aliphatic rings. The monoisotopic (exact) mass is 263 g/mol. The molecule has 1 aliphatic heterocycles. The molecule has 6 heteroatoms. The predicted molar refractivity (Wildman–Crippen MR) is 70.6 cm³/mol. The predicted octanol–water partition coefficient (Wildman–Crippen LogP) is 2.02. The van der Waals surface area contributed by atoms with Crippen LogP contribution in [-0.4, -0.2) is 18.5 Å². The molecule has 19 heavy (non-hydrogen) atoms. The number of rotatable bonds is 3. The zero-order valence-corrected chi connectivity index (χ0v) is 10.3. The van der Waals surface area contributed by atoms with Crippen molar-refractivity contribution in [3.05, 3.63) is 36.2 Å². The maximum absolute atomic E-state index is 13.8. The molecule has 2 rings (SSSR count). The lowest BCUT2D eigenvalue weighted by atomic mass is 10.0. The molecule has 0 unspecified atom stereocenters. The van der Waals surface area contributed by atoms with Gasteiger partial charge in [0.25, 0.3) is 0 Å². The van der Waals surface area contributed by atoms with Crippen molar-refractivity contribution in [1.82, 2.24) is 5.32 Å². The number of urea groups is 1. The first-order valence-electron chi connectivity index (χ1n) is 5.88. The quantitative estimate of drug-likeness (QED) is 0.730. The van der Waals surface area contributed by atoms with Crippen molar-refractivity contribution < 1.29 is 14.0 Å². The van der Waals surface area contributed by atoms with Gasteiger partial charge in [0.1, 0.15) is 5.82 Å². The molecule has 1 heterocycles. The van der Waals surface area contributed by atoms with Gasteiger partial charge in [-0.05, 0) is 24.1 Å². The Labute approximate surface area is 109 Å². The van der Waals surface area contributed by atoms with Crippen LogP contribution in [0.1, 0.15) is 12.0 Å². The van der Waals surface area contributed by atoms with Crippen molar-refractivity contribution in [1.29, 1.82) is 0 Å². The molecule has 0 fully saturated rings. The summed E-state index contributed by atoms with van der Waals surface area (Å²) in [4.78, 5) is 22.6. The molecular weight excluding hydrogens is 249 g/mol. The van der Waals surface area contributed by atoms with Crippen LogP contribution in [0.5, 0.6) is 0 Å². The minimum absolute atomic E-state index is 0.0939. The Bertz CT molecular complexity index is 543. The van der Waals surface area contributed by atoms with Crippen molar-refractivity contribution in [3.63, 3.8) is 0 Å². The Morgan fingerprint density at radius 3 is 3.00 bits per heavy atom. The molecule has 100 valence electrons. The third kappa shape index (κ3) is 3.09. The van der Waals surface area contributed by atoms with Crippen LogP contribution < -0.4 is 16.0 Å². The van der Waals surface area contributed by atoms with Gasteiger partial charge in [0.2, 0.25) is 5.91 Å². The highest BCUT2D eigenvalue weighted by molar-refractivity contribution is 5.95. The Balaban J connectivity index is 2.16. The first kappa shape index (κ1) is 13.1. The summed E-state index contributed by atoms with van der Waals surface area (Å²) in [6.45, 7) is 3.77. The van der Waals surface area contributed by atoms with Crippen LogP contribution in [-0.2, 0) is 11.2 Å². The molecule has 0 radical (unpaired) electrons. The zero-order valence-electron chi connectivity index (χ0n) is 10.3. The minimum atomic E-state index is -0.588. The fourth-order valence-electron chi connectivity index (χ4n) is 1.83. The van der Waals surface area contributed by atoms with Gasteiger partial charge in [-0.2, -0.15) is 0 Å². The molecule has 0 aromatic heterocycles. The summed E-state index contributed by atoms with van der Waals surface area (Å²) >= 11 is 0. The average molecular weight is 263 g/mol. The molecule has 0 saturated carbocycles. The van der Waals surface area contributed by atoms with Gasteiger partial charge in [0, 0.05) is 18.7 Å². The van der Waals surface area contributed by atoms with Crippen molar-refractivity contribution in [3.8, 4) is 0 Å². The number of hydrogen-bond donors (Lipinski definition) is 3. The highest BCUT2D eigenvalue weighted by atomic mass is 19.1. The third-order valence-electron chi connectivity index (χ3n) is 2.74. The van der Waals surface area contributed by atoms with Crippen molar-refractivity contribution in [2.45, 2.75) is 12.8 Å². The van der Waals surface area contributed by atoms with E-state index in [1.54, 1.807) is 0 Å². The second kappa shape index (κ2) is 5.51. The first-order valence-corrected chi connectivity index (χ1v) is 5.88. The summed E-state index contributed by atoms with van der Waals surface area (Å²) in [6, 6.07) is 2.26. The summed E-state index contributed by atoms with van der Waals surface area (Å²) < 4.78 is 13.8. The standard InChI is InChI=1S/C13H14FN3O2/c1-2-5-15-13(19)17-11-6-8-3-4-12(18)16-10(8)7-9(11)14/h2,6-7H,1,3-5H2,(H,16,18)(H2,15,17,19). The van der Waals surface area contributed by atoms with Crippen LogP contribution in [0.25, 0.3) is 0 Å². The highest BCUT2D eigenvalue weighted by Gasteiger charge is 2.18. The molecule has 1 aromatic carbocycles. The molecule has 0 bridgehead atoms. The Morgan fingerprint density at radius 1 is 1.47 bits per heavy atom. The van der Waals surface area contributed by atoms with Crippen molar-refractivity contribution in [2.75, 3.05) is 17.2 Å². The Hall–Kier alpha value is -2.37. The summed E-state index contributed by atoms with van der Waals surface area (Å²) in [5, 5.41) is 7.51. The van der Waals surface area contributed by atoms with Crippen LogP contribution in [0, 0.1) is 5.82 Å². The van der Waals surface area contributed by atoms with Gasteiger partial charge in [0.05, 0.1) is 5.69 Å². The summed E-state index contributed by atoms with van der Waals surface area (Å²) in [7, 11) is 0. The largest absolute Gasteiger partial charge is 0.334 e. The van der Waals surface area contributed by atoms with Crippen LogP contribution in [0.4, 0.5) is 20.6 Å². The van der Waals surface area contributed by atoms with E-state index in [1.807, 2.05) is 0 Å². The van der Waals surface area contributed by atoms with E-state index >= 15 is 0 Å². The van der Waals surface area contributed by atoms with E-state index in [2.05, 4.69) is 22.5 Å². The van der Waals surface area contributed by atoms with E-state index in [4.69, 9.17) is 0 Å². The molecule has 3 N–H and O–H groups in total. The lowest BCUT2D eigenvalue weighted by Gasteiger charge is -2.18. The third-order valence-corrected chi connectivity index (χ3v) is 2.74. The minimum Gasteiger partial charge on any atom is -0.334 e. The number of carbonyl (C=O) groups is 2. The summed E-state index contributed by atoms with van der Waals surface area (Å²) in [6.07, 6.45) is 2.42. The average Bonchev–Trinajstić information content (AvgIpc) is 2.37. The van der Waals surface area contributed by atoms with Crippen molar-refractivity contribution in [2.24, 2.45) is 0 Å². The highest BCUT2D eigenvalue weighted by Crippen LogP contribution is 2.28. The number of anilines is 2. The van der Waals surface area contributed by atoms with Gasteiger partial charge in [0.15, 0.2) is 0 Å². The van der Waals surface area contributed by atoms with E-state index < -0.39 is 11.8 Å². The fourth-order valence-corrected chi connectivity index (χ4v) is 1.83. The molecular formula is C13H14FN3O2. The number of carbonyl (C=O) groups excluding carboxylic acids is 2. The second-order valence-electron chi connectivity index (χ2n) is 4.16. The lowest BCUT2D eigenvalue weighted by Crippen LogP contribution is -2.29. The van der Waals surface area contributed by atoms with E-state index in [0.29, 0.717) is 25.1 Å². The smallest absolute Gasteiger partial charge is 0.319 e. The fraction of sp³-hybridized carbons (Fsp3) is 0.231. The lowest BCUT2D eigenvalue weighted by molar-refractivity contribution is -0.116. The number of benzene rings is 1. The topological polar surface area (TPSA) is 70.2 Å². The normalized spacial score (nSPS) is 13.2. The molecule has 0 saturated heterocycles. The molecule has 0 atom stereocenters. The second-order valence-corrected chi connectivity index (χ2v) is 4.16. The summed E-state index contributed by atoms with van der Waals surface area (Å²) in [5.74, 6) is -0.717. The number of hydrogen-bond acceptors (Lipinski definition) is 2. The van der Waals surface area contributed by atoms with Gasteiger partial charge in [-0.1, -0.05) is 6.08 Å². The first-order chi connectivity index (χ1) is 9.10.